The SMILES string of the molecule is Fc1[c]ccc(-c2ccccc2F)c1. The summed E-state index contributed by atoms with van der Waals surface area (Å²) in [4.78, 5) is 0. The Balaban J connectivity index is 2.55. The third-order valence-electron chi connectivity index (χ3n) is 1.95. The molecule has 0 aliphatic heterocycles. The number of hydrogen-bond donors (Lipinski definition) is 0. The largest absolute Gasteiger partial charge is 0.206 e. The summed E-state index contributed by atoms with van der Waals surface area (Å²) in [5.41, 5.74) is 0.930. The first-order valence-electron chi connectivity index (χ1n) is 4.19. The van der Waals surface area contributed by atoms with Gasteiger partial charge in [0.2, 0.25) is 0 Å². The molecule has 2 aromatic carbocycles. The molecule has 0 saturated heterocycles. The molecule has 0 fully saturated rings. The van der Waals surface area contributed by atoms with E-state index < -0.39 is 5.82 Å². The van der Waals surface area contributed by atoms with Gasteiger partial charge in [-0.1, -0.05) is 30.3 Å². The Bertz CT molecular complexity index is 450. The second-order valence-electron chi connectivity index (χ2n) is 2.91. The van der Waals surface area contributed by atoms with Crippen molar-refractivity contribution in [1.29, 1.82) is 0 Å². The molecule has 0 nitrogen and oxygen atoms in total. The molecule has 2 aromatic rings. The van der Waals surface area contributed by atoms with Crippen molar-refractivity contribution < 1.29 is 8.78 Å². The molecule has 0 unspecified atom stereocenters. The molecule has 0 saturated carbocycles. The van der Waals surface area contributed by atoms with Crippen LogP contribution in [-0.4, -0.2) is 0 Å². The predicted octanol–water partition coefficient (Wildman–Crippen LogP) is 3.43. The first kappa shape index (κ1) is 8.88. The summed E-state index contributed by atoms with van der Waals surface area (Å²) in [7, 11) is 0. The van der Waals surface area contributed by atoms with Crippen LogP contribution < -0.4 is 0 Å². The summed E-state index contributed by atoms with van der Waals surface area (Å²) < 4.78 is 26.1. The number of hydrogen-bond acceptors (Lipinski definition) is 0. The standard InChI is InChI=1S/C12H7F2/c13-10-5-3-4-9(8-10)11-6-1-2-7-12(11)14/h1-4,6-8H. The lowest BCUT2D eigenvalue weighted by molar-refractivity contribution is 0.623. The first-order chi connectivity index (χ1) is 6.77. The molecule has 69 valence electrons. The van der Waals surface area contributed by atoms with E-state index in [0.29, 0.717) is 11.1 Å². The van der Waals surface area contributed by atoms with Gasteiger partial charge in [0.15, 0.2) is 0 Å². The van der Waals surface area contributed by atoms with Crippen LogP contribution in [0.25, 0.3) is 11.1 Å². The van der Waals surface area contributed by atoms with Crippen molar-refractivity contribution in [2.45, 2.75) is 0 Å². The second kappa shape index (κ2) is 3.58. The van der Waals surface area contributed by atoms with Gasteiger partial charge < -0.3 is 0 Å². The Kier molecular flexibility index (Phi) is 2.27. The number of benzene rings is 2. The zero-order valence-corrected chi connectivity index (χ0v) is 7.30. The molecule has 0 spiro atoms. The number of rotatable bonds is 1. The second-order valence-corrected chi connectivity index (χ2v) is 2.91. The normalized spacial score (nSPS) is 10.1. The zero-order chi connectivity index (χ0) is 9.97. The summed E-state index contributed by atoms with van der Waals surface area (Å²) in [6, 6.07) is 13.0. The maximum atomic E-state index is 13.3. The smallest absolute Gasteiger partial charge is 0.131 e. The molecule has 0 aliphatic carbocycles. The average Bonchev–Trinajstić information content (AvgIpc) is 2.18. The van der Waals surface area contributed by atoms with E-state index in [1.165, 1.54) is 18.2 Å². The van der Waals surface area contributed by atoms with Crippen LogP contribution in [0.2, 0.25) is 0 Å². The van der Waals surface area contributed by atoms with E-state index in [1.807, 2.05) is 0 Å². The molecule has 0 aromatic heterocycles. The molecule has 0 aliphatic rings. The van der Waals surface area contributed by atoms with Crippen molar-refractivity contribution in [3.05, 3.63) is 60.2 Å². The lowest BCUT2D eigenvalue weighted by atomic mass is 10.1. The minimum Gasteiger partial charge on any atom is -0.206 e. The fraction of sp³-hybridized carbons (Fsp3) is 0. The van der Waals surface area contributed by atoms with Crippen LogP contribution in [-0.2, 0) is 0 Å². The Labute approximate surface area is 80.8 Å². The summed E-state index contributed by atoms with van der Waals surface area (Å²) >= 11 is 0. The summed E-state index contributed by atoms with van der Waals surface area (Å²) in [5.74, 6) is -0.830. The molecule has 0 heterocycles. The van der Waals surface area contributed by atoms with Gasteiger partial charge in [-0.25, -0.2) is 8.78 Å². The van der Waals surface area contributed by atoms with E-state index in [2.05, 4.69) is 6.07 Å². The van der Waals surface area contributed by atoms with Crippen LogP contribution >= 0.6 is 0 Å². The molecule has 0 amide bonds. The fourth-order valence-corrected chi connectivity index (χ4v) is 1.30. The topological polar surface area (TPSA) is 0 Å². The van der Waals surface area contributed by atoms with E-state index in [0.717, 1.165) is 0 Å². The summed E-state index contributed by atoms with van der Waals surface area (Å²) in [6.45, 7) is 0. The van der Waals surface area contributed by atoms with Crippen LogP contribution in [0.15, 0.2) is 42.5 Å². The first-order valence-corrected chi connectivity index (χ1v) is 4.19. The molecule has 0 bridgehead atoms. The third-order valence-corrected chi connectivity index (χ3v) is 1.95. The van der Waals surface area contributed by atoms with Crippen molar-refractivity contribution in [2.75, 3.05) is 0 Å². The fourth-order valence-electron chi connectivity index (χ4n) is 1.30. The van der Waals surface area contributed by atoms with Gasteiger partial charge in [0.1, 0.15) is 11.6 Å². The maximum Gasteiger partial charge on any atom is 0.131 e. The lowest BCUT2D eigenvalue weighted by Gasteiger charge is -2.02. The van der Waals surface area contributed by atoms with Gasteiger partial charge in [-0.2, -0.15) is 0 Å². The van der Waals surface area contributed by atoms with E-state index >= 15 is 0 Å². The van der Waals surface area contributed by atoms with Gasteiger partial charge in [-0.3, -0.25) is 0 Å². The Morgan fingerprint density at radius 2 is 1.79 bits per heavy atom. The molecule has 1 radical (unpaired) electrons. The highest BCUT2D eigenvalue weighted by Crippen LogP contribution is 2.22. The Morgan fingerprint density at radius 1 is 1.00 bits per heavy atom. The van der Waals surface area contributed by atoms with Crippen molar-refractivity contribution >= 4 is 0 Å². The summed E-state index contributed by atoms with van der Waals surface area (Å²) in [6.07, 6.45) is 0. The molecular formula is C12H7F2. The van der Waals surface area contributed by atoms with Gasteiger partial charge in [-0.15, -0.1) is 0 Å². The molecule has 2 rings (SSSR count). The highest BCUT2D eigenvalue weighted by atomic mass is 19.1. The van der Waals surface area contributed by atoms with Crippen LogP contribution in [0.5, 0.6) is 0 Å². The van der Waals surface area contributed by atoms with Gasteiger partial charge in [0.25, 0.3) is 0 Å². The van der Waals surface area contributed by atoms with Crippen LogP contribution in [0.3, 0.4) is 0 Å². The van der Waals surface area contributed by atoms with Crippen LogP contribution in [0, 0.1) is 17.7 Å². The molecular weight excluding hydrogens is 182 g/mol. The van der Waals surface area contributed by atoms with Crippen molar-refractivity contribution in [3.8, 4) is 11.1 Å². The van der Waals surface area contributed by atoms with Crippen LogP contribution in [0.4, 0.5) is 8.78 Å². The van der Waals surface area contributed by atoms with Crippen molar-refractivity contribution in [2.24, 2.45) is 0 Å². The highest BCUT2D eigenvalue weighted by molar-refractivity contribution is 5.63. The van der Waals surface area contributed by atoms with E-state index in [-0.39, 0.29) is 5.82 Å². The minimum atomic E-state index is -0.481. The molecule has 0 atom stereocenters. The van der Waals surface area contributed by atoms with Gasteiger partial charge in [0.05, 0.1) is 0 Å². The molecule has 14 heavy (non-hydrogen) atoms. The van der Waals surface area contributed by atoms with Crippen molar-refractivity contribution in [3.63, 3.8) is 0 Å². The Hall–Kier alpha value is -1.70. The molecule has 0 N–H and O–H groups in total. The van der Waals surface area contributed by atoms with Crippen molar-refractivity contribution in [1.82, 2.24) is 0 Å². The number of halogens is 2. The highest BCUT2D eigenvalue weighted by Gasteiger charge is 2.03. The van der Waals surface area contributed by atoms with Gasteiger partial charge >= 0.3 is 0 Å². The predicted molar refractivity (Wildman–Crippen MR) is 50.6 cm³/mol. The monoisotopic (exact) mass is 189 g/mol. The van der Waals surface area contributed by atoms with Crippen LogP contribution in [0.1, 0.15) is 0 Å². The summed E-state index contributed by atoms with van der Waals surface area (Å²) in [5, 5.41) is 0. The van der Waals surface area contributed by atoms with E-state index in [1.54, 1.807) is 24.3 Å². The van der Waals surface area contributed by atoms with Gasteiger partial charge in [0, 0.05) is 11.6 Å². The lowest BCUT2D eigenvalue weighted by Crippen LogP contribution is -1.84. The minimum absolute atomic E-state index is 0.349. The third kappa shape index (κ3) is 1.64. The quantitative estimate of drug-likeness (QED) is 0.644. The molecule has 2 heteroatoms. The Morgan fingerprint density at radius 3 is 2.50 bits per heavy atom. The van der Waals surface area contributed by atoms with E-state index in [4.69, 9.17) is 0 Å². The van der Waals surface area contributed by atoms with Gasteiger partial charge in [-0.05, 0) is 17.7 Å². The maximum absolute atomic E-state index is 13.3. The zero-order valence-electron chi connectivity index (χ0n) is 7.30. The van der Waals surface area contributed by atoms with E-state index in [9.17, 15) is 8.78 Å². The average molecular weight is 189 g/mol.